The van der Waals surface area contributed by atoms with E-state index >= 15 is 0 Å². The third kappa shape index (κ3) is 3.62. The van der Waals surface area contributed by atoms with Crippen LogP contribution in [0.3, 0.4) is 0 Å². The van der Waals surface area contributed by atoms with Gasteiger partial charge in [-0.2, -0.15) is 0 Å². The van der Waals surface area contributed by atoms with Gasteiger partial charge in [-0.15, -0.1) is 6.58 Å². The zero-order valence-corrected chi connectivity index (χ0v) is 10.7. The fourth-order valence-electron chi connectivity index (χ4n) is 2.14. The molecule has 15 heavy (non-hydrogen) atoms. The van der Waals surface area contributed by atoms with Crippen LogP contribution in [0.1, 0.15) is 34.1 Å². The summed E-state index contributed by atoms with van der Waals surface area (Å²) >= 11 is 0. The molecule has 0 amide bonds. The third-order valence-electron chi connectivity index (χ3n) is 3.38. The molecular formula is C13H26N2. The molecule has 0 saturated carbocycles. The van der Waals surface area contributed by atoms with Crippen LogP contribution in [0, 0.1) is 5.41 Å². The first-order valence-corrected chi connectivity index (χ1v) is 6.03. The second-order valence-corrected chi connectivity index (χ2v) is 5.74. The molecular weight excluding hydrogens is 184 g/mol. The number of piperazine rings is 1. The Bertz CT molecular complexity index is 205. The predicted octanol–water partition coefficient (Wildman–Crippen LogP) is 2.27. The summed E-state index contributed by atoms with van der Waals surface area (Å²) in [6.07, 6.45) is 3.12. The van der Waals surface area contributed by atoms with Crippen LogP contribution in [-0.4, -0.2) is 36.6 Å². The van der Waals surface area contributed by atoms with Gasteiger partial charge < -0.3 is 5.32 Å². The molecule has 0 spiro atoms. The second kappa shape index (κ2) is 5.13. The summed E-state index contributed by atoms with van der Waals surface area (Å²) in [7, 11) is 0. The average molecular weight is 210 g/mol. The first-order chi connectivity index (χ1) is 6.95. The molecule has 1 N–H and O–H groups in total. The van der Waals surface area contributed by atoms with Crippen molar-refractivity contribution in [1.29, 1.82) is 0 Å². The lowest BCUT2D eigenvalue weighted by Crippen LogP contribution is -2.57. The van der Waals surface area contributed by atoms with E-state index in [1.165, 1.54) is 13.1 Å². The van der Waals surface area contributed by atoms with E-state index in [0.717, 1.165) is 13.0 Å². The molecule has 0 aromatic heterocycles. The van der Waals surface area contributed by atoms with E-state index < -0.39 is 0 Å². The number of rotatable bonds is 3. The van der Waals surface area contributed by atoms with Crippen LogP contribution in [0.4, 0.5) is 0 Å². The molecule has 88 valence electrons. The van der Waals surface area contributed by atoms with Crippen molar-refractivity contribution in [2.45, 2.75) is 46.2 Å². The zero-order chi connectivity index (χ0) is 11.5. The topological polar surface area (TPSA) is 15.3 Å². The summed E-state index contributed by atoms with van der Waals surface area (Å²) in [6, 6.07) is 1.24. The molecule has 1 aliphatic heterocycles. The van der Waals surface area contributed by atoms with Crippen LogP contribution in [0.25, 0.3) is 0 Å². The summed E-state index contributed by atoms with van der Waals surface area (Å²) in [5.74, 6) is 0. The lowest BCUT2D eigenvalue weighted by Gasteiger charge is -2.42. The van der Waals surface area contributed by atoms with Crippen molar-refractivity contribution in [2.75, 3.05) is 19.6 Å². The van der Waals surface area contributed by atoms with Crippen molar-refractivity contribution in [3.05, 3.63) is 12.7 Å². The highest BCUT2D eigenvalue weighted by atomic mass is 15.2. The van der Waals surface area contributed by atoms with Gasteiger partial charge in [0.25, 0.3) is 0 Å². The minimum Gasteiger partial charge on any atom is -0.311 e. The van der Waals surface area contributed by atoms with Crippen molar-refractivity contribution in [3.8, 4) is 0 Å². The Morgan fingerprint density at radius 2 is 2.20 bits per heavy atom. The van der Waals surface area contributed by atoms with Crippen molar-refractivity contribution in [2.24, 2.45) is 5.41 Å². The Morgan fingerprint density at radius 3 is 2.73 bits per heavy atom. The lowest BCUT2D eigenvalue weighted by molar-refractivity contribution is 0.105. The second-order valence-electron chi connectivity index (χ2n) is 5.74. The number of nitrogens with one attached hydrogen (secondary N) is 1. The van der Waals surface area contributed by atoms with Gasteiger partial charge in [0.15, 0.2) is 0 Å². The Labute approximate surface area is 94.7 Å². The van der Waals surface area contributed by atoms with Gasteiger partial charge in [-0.05, 0) is 18.8 Å². The predicted molar refractivity (Wildman–Crippen MR) is 67.1 cm³/mol. The molecule has 1 rings (SSSR count). The summed E-state index contributed by atoms with van der Waals surface area (Å²) in [5.41, 5.74) is 0.354. The van der Waals surface area contributed by atoms with E-state index in [1.807, 2.05) is 6.08 Å². The van der Waals surface area contributed by atoms with E-state index in [1.54, 1.807) is 0 Å². The van der Waals surface area contributed by atoms with E-state index in [0.29, 0.717) is 17.5 Å². The largest absolute Gasteiger partial charge is 0.311 e. The van der Waals surface area contributed by atoms with Gasteiger partial charge in [0.1, 0.15) is 0 Å². The normalized spacial score (nSPS) is 26.3. The van der Waals surface area contributed by atoms with Gasteiger partial charge in [0, 0.05) is 31.7 Å². The Kier molecular flexibility index (Phi) is 4.35. The quantitative estimate of drug-likeness (QED) is 0.719. The molecule has 2 heteroatoms. The maximum Gasteiger partial charge on any atom is 0.0244 e. The summed E-state index contributed by atoms with van der Waals surface area (Å²) in [5, 5.41) is 3.62. The average Bonchev–Trinajstić information content (AvgIpc) is 2.17. The molecule has 0 bridgehead atoms. The van der Waals surface area contributed by atoms with Gasteiger partial charge >= 0.3 is 0 Å². The SMILES string of the molecule is C=CCC(C)N1CCNC(C(C)(C)C)C1. The highest BCUT2D eigenvalue weighted by Gasteiger charge is 2.30. The highest BCUT2D eigenvalue weighted by Crippen LogP contribution is 2.23. The monoisotopic (exact) mass is 210 g/mol. The van der Waals surface area contributed by atoms with Crippen LogP contribution < -0.4 is 5.32 Å². The number of hydrogen-bond acceptors (Lipinski definition) is 2. The third-order valence-corrected chi connectivity index (χ3v) is 3.38. The van der Waals surface area contributed by atoms with Crippen molar-refractivity contribution >= 4 is 0 Å². The molecule has 0 aliphatic carbocycles. The van der Waals surface area contributed by atoms with Crippen LogP contribution in [-0.2, 0) is 0 Å². The van der Waals surface area contributed by atoms with Crippen molar-refractivity contribution in [1.82, 2.24) is 10.2 Å². The van der Waals surface area contributed by atoms with Gasteiger partial charge in [-0.1, -0.05) is 26.8 Å². The smallest absolute Gasteiger partial charge is 0.0244 e. The van der Waals surface area contributed by atoms with Gasteiger partial charge in [0.2, 0.25) is 0 Å². The Morgan fingerprint density at radius 1 is 1.53 bits per heavy atom. The molecule has 2 unspecified atom stereocenters. The number of nitrogens with zero attached hydrogens (tertiary/aromatic N) is 1. The molecule has 1 heterocycles. The van der Waals surface area contributed by atoms with E-state index in [4.69, 9.17) is 0 Å². The van der Waals surface area contributed by atoms with Crippen molar-refractivity contribution in [3.63, 3.8) is 0 Å². The molecule has 0 aromatic carbocycles. The van der Waals surface area contributed by atoms with Crippen LogP contribution >= 0.6 is 0 Å². The fourth-order valence-corrected chi connectivity index (χ4v) is 2.14. The molecule has 1 aliphatic rings. The Balaban J connectivity index is 2.52. The minimum absolute atomic E-state index is 0.354. The fraction of sp³-hybridized carbons (Fsp3) is 0.846. The summed E-state index contributed by atoms with van der Waals surface area (Å²) in [6.45, 7) is 16.5. The molecule has 2 atom stereocenters. The van der Waals surface area contributed by atoms with Crippen LogP contribution in [0.2, 0.25) is 0 Å². The van der Waals surface area contributed by atoms with E-state index in [2.05, 4.69) is 44.5 Å². The van der Waals surface area contributed by atoms with Gasteiger partial charge in [-0.3, -0.25) is 4.90 Å². The first-order valence-electron chi connectivity index (χ1n) is 6.03. The number of hydrogen-bond donors (Lipinski definition) is 1. The maximum absolute atomic E-state index is 3.82. The standard InChI is InChI=1S/C13H26N2/c1-6-7-11(2)15-9-8-14-12(10-15)13(3,4)5/h6,11-12,14H,1,7-10H2,2-5H3. The van der Waals surface area contributed by atoms with E-state index in [-0.39, 0.29) is 0 Å². The molecule has 0 aromatic rings. The Hall–Kier alpha value is -0.340. The minimum atomic E-state index is 0.354. The van der Waals surface area contributed by atoms with Gasteiger partial charge in [0.05, 0.1) is 0 Å². The highest BCUT2D eigenvalue weighted by molar-refractivity contribution is 4.90. The molecule has 2 nitrogen and oxygen atoms in total. The lowest BCUT2D eigenvalue weighted by atomic mass is 9.85. The summed E-state index contributed by atoms with van der Waals surface area (Å²) in [4.78, 5) is 2.58. The maximum atomic E-state index is 3.82. The summed E-state index contributed by atoms with van der Waals surface area (Å²) < 4.78 is 0. The van der Waals surface area contributed by atoms with Crippen molar-refractivity contribution < 1.29 is 0 Å². The van der Waals surface area contributed by atoms with Crippen LogP contribution in [0.15, 0.2) is 12.7 Å². The first kappa shape index (κ1) is 12.7. The molecule has 1 fully saturated rings. The van der Waals surface area contributed by atoms with Crippen LogP contribution in [0.5, 0.6) is 0 Å². The zero-order valence-electron chi connectivity index (χ0n) is 10.7. The molecule has 0 radical (unpaired) electrons. The molecule has 1 saturated heterocycles. The van der Waals surface area contributed by atoms with Gasteiger partial charge in [-0.25, -0.2) is 0 Å². The van der Waals surface area contributed by atoms with E-state index in [9.17, 15) is 0 Å².